The Bertz CT molecular complexity index is 1590. The molecule has 4 aromatic rings. The molecule has 0 aromatic heterocycles. The topological polar surface area (TPSA) is 6.48 Å². The third-order valence-electron chi connectivity index (χ3n) is 8.77. The molecule has 2 unspecified atom stereocenters. The average molecular weight is 750 g/mol. The second-order valence-electron chi connectivity index (χ2n) is 11.2. The van der Waals surface area contributed by atoms with Gasteiger partial charge >= 0.3 is 266 Å². The molecular weight excluding hydrogens is 719 g/mol. The van der Waals surface area contributed by atoms with Crippen molar-refractivity contribution in [1.82, 2.24) is 5.69 Å². The molecule has 200 valence electrons. The molecule has 0 radical (unpaired) electrons. The first-order valence-corrected chi connectivity index (χ1v) is 20.6. The molecule has 6 heteroatoms. The van der Waals surface area contributed by atoms with Crippen molar-refractivity contribution >= 4 is 55.8 Å². The van der Waals surface area contributed by atoms with Gasteiger partial charge in [-0.05, 0) is 0 Å². The molecule has 2 aliphatic carbocycles. The Morgan fingerprint density at radius 3 is 1.35 bits per heavy atom. The van der Waals surface area contributed by atoms with E-state index in [-0.39, 0.29) is 11.8 Å². The van der Waals surface area contributed by atoms with Crippen LogP contribution in [0.3, 0.4) is 0 Å². The second kappa shape index (κ2) is 10.3. The molecule has 0 amide bonds. The first-order valence-electron chi connectivity index (χ1n) is 13.6. The number of allylic oxidation sites excluding steroid dienone is 2. The quantitative estimate of drug-likeness (QED) is 0.205. The minimum absolute atomic E-state index is 0.198. The molecule has 4 aromatic carbocycles. The maximum atomic E-state index is 4.03. The van der Waals surface area contributed by atoms with Crippen LogP contribution in [0.1, 0.15) is 45.2 Å². The summed E-state index contributed by atoms with van der Waals surface area (Å²) in [6.45, 7) is 0. The summed E-state index contributed by atoms with van der Waals surface area (Å²) in [6.07, 6.45) is 5.19. The van der Waals surface area contributed by atoms with Gasteiger partial charge in [-0.2, -0.15) is 0 Å². The molecule has 0 saturated heterocycles. The molecule has 7 rings (SSSR count). The number of hydrogen-bond donors (Lipinski definition) is 0. The fraction of sp³-hybridized carbons (Fsp3) is 0.176. The third-order valence-corrected chi connectivity index (χ3v) is 23.8. The van der Waals surface area contributed by atoms with Gasteiger partial charge in [0.2, 0.25) is 0 Å². The summed E-state index contributed by atoms with van der Waals surface area (Å²) < 4.78 is 10.9. The standard InChI is InChI=1S/C30H18Br2S.2C2H6N.Zr/c31-25-15-17-27(23-13-11-21(29(23)25)19-7-3-1-4-8-19)33-28-18-16-26(32)30-22(12-14-24(28)30)20-9-5-2-6-10-20;2*1-3-2;/h1-10,13-18,21-22H;2*1-2H3;/q;2*-1;+2. The van der Waals surface area contributed by atoms with Crippen LogP contribution in [0.25, 0.3) is 12.2 Å². The molecule has 1 heterocycles. The van der Waals surface area contributed by atoms with Crippen molar-refractivity contribution in [3.8, 4) is 0 Å². The summed E-state index contributed by atoms with van der Waals surface area (Å²) in [7, 11) is 9.33. The van der Waals surface area contributed by atoms with Crippen LogP contribution in [0, 0.1) is 0 Å². The zero-order valence-electron chi connectivity index (χ0n) is 23.0. The van der Waals surface area contributed by atoms with Crippen LogP contribution < -0.4 is 0 Å². The average Bonchev–Trinajstić information content (AvgIpc) is 3.54. The Morgan fingerprint density at radius 2 is 0.975 bits per heavy atom. The van der Waals surface area contributed by atoms with E-state index in [1.807, 2.05) is 11.8 Å². The van der Waals surface area contributed by atoms with E-state index < -0.39 is 20.8 Å². The third kappa shape index (κ3) is 3.90. The number of benzene rings is 4. The van der Waals surface area contributed by atoms with Gasteiger partial charge in [0.05, 0.1) is 0 Å². The molecule has 0 spiro atoms. The van der Waals surface area contributed by atoms with Gasteiger partial charge in [0.1, 0.15) is 0 Å². The Labute approximate surface area is 263 Å². The zero-order chi connectivity index (χ0) is 27.8. The molecule has 2 atom stereocenters. The van der Waals surface area contributed by atoms with Crippen LogP contribution in [-0.2, 0) is 20.8 Å². The van der Waals surface area contributed by atoms with Gasteiger partial charge in [-0.1, -0.05) is 0 Å². The van der Waals surface area contributed by atoms with E-state index in [2.05, 4.69) is 163 Å². The molecule has 3 aliphatic rings. The van der Waals surface area contributed by atoms with Gasteiger partial charge in [-0.25, -0.2) is 0 Å². The first kappa shape index (κ1) is 27.3. The van der Waals surface area contributed by atoms with Crippen molar-refractivity contribution in [3.63, 3.8) is 0 Å². The maximum absolute atomic E-state index is 4.03. The van der Waals surface area contributed by atoms with E-state index in [1.54, 1.807) is 6.56 Å². The van der Waals surface area contributed by atoms with E-state index in [0.717, 1.165) is 0 Å². The SMILES string of the molecule is C[N](C)[Zr]1([N](C)C)[C]2=Cc3c(ccc(Br)c3C2c2ccccc2)Sc2ccc(Br)c3c2C=[C]1C3c1ccccc1. The summed E-state index contributed by atoms with van der Waals surface area (Å²) in [6, 6.07) is 31.5. The molecule has 0 saturated carbocycles. The monoisotopic (exact) mass is 746 g/mol. The van der Waals surface area contributed by atoms with Gasteiger partial charge < -0.3 is 0 Å². The van der Waals surface area contributed by atoms with E-state index in [0.29, 0.717) is 0 Å². The van der Waals surface area contributed by atoms with E-state index in [9.17, 15) is 0 Å². The van der Waals surface area contributed by atoms with Crippen molar-refractivity contribution in [2.75, 3.05) is 28.2 Å². The number of rotatable bonds is 4. The van der Waals surface area contributed by atoms with Crippen molar-refractivity contribution in [3.05, 3.63) is 134 Å². The summed E-state index contributed by atoms with van der Waals surface area (Å²) in [5.41, 5.74) is 8.31. The van der Waals surface area contributed by atoms with Crippen molar-refractivity contribution in [2.45, 2.75) is 21.6 Å². The van der Waals surface area contributed by atoms with E-state index in [1.165, 1.54) is 52.1 Å². The van der Waals surface area contributed by atoms with Crippen LogP contribution in [0.4, 0.5) is 0 Å². The molecule has 2 nitrogen and oxygen atoms in total. The number of nitrogens with zero attached hydrogens (tertiary/aromatic N) is 2. The summed E-state index contributed by atoms with van der Waals surface area (Å²) in [5, 5.41) is 0. The second-order valence-corrected chi connectivity index (χ2v) is 24.5. The Kier molecular flexibility index (Phi) is 7.05. The molecule has 0 N–H and O–H groups in total. The van der Waals surface area contributed by atoms with Crippen molar-refractivity contribution < 1.29 is 20.8 Å². The normalized spacial score (nSPS) is 20.1. The van der Waals surface area contributed by atoms with Crippen LogP contribution >= 0.6 is 43.6 Å². The van der Waals surface area contributed by atoms with Gasteiger partial charge in [-0.15, -0.1) is 0 Å². The van der Waals surface area contributed by atoms with Gasteiger partial charge in [0, 0.05) is 0 Å². The number of hydrogen-bond acceptors (Lipinski definition) is 3. The number of halogens is 2. The van der Waals surface area contributed by atoms with Crippen LogP contribution in [0.5, 0.6) is 0 Å². The molecular formula is C34H30Br2N2SZr. The predicted molar refractivity (Wildman–Crippen MR) is 172 cm³/mol. The first-order chi connectivity index (χ1) is 19.3. The van der Waals surface area contributed by atoms with Crippen molar-refractivity contribution in [1.29, 1.82) is 0 Å². The fourth-order valence-electron chi connectivity index (χ4n) is 7.34. The molecule has 1 aliphatic heterocycles. The van der Waals surface area contributed by atoms with Crippen LogP contribution in [0.2, 0.25) is 0 Å². The minimum atomic E-state index is -3.79. The van der Waals surface area contributed by atoms with E-state index in [4.69, 9.17) is 0 Å². The summed E-state index contributed by atoms with van der Waals surface area (Å²) in [5.74, 6) is 0.396. The van der Waals surface area contributed by atoms with E-state index >= 15 is 0 Å². The van der Waals surface area contributed by atoms with Gasteiger partial charge in [0.25, 0.3) is 0 Å². The molecule has 40 heavy (non-hydrogen) atoms. The predicted octanol–water partition coefficient (Wildman–Crippen LogP) is 9.46. The fourth-order valence-corrected chi connectivity index (χ4v) is 22.6. The molecule has 4 bridgehead atoms. The molecule has 0 fully saturated rings. The van der Waals surface area contributed by atoms with Gasteiger partial charge in [0.15, 0.2) is 0 Å². The van der Waals surface area contributed by atoms with Crippen LogP contribution in [-0.4, -0.2) is 33.9 Å². The zero-order valence-corrected chi connectivity index (χ0v) is 29.4. The van der Waals surface area contributed by atoms with Crippen molar-refractivity contribution in [2.24, 2.45) is 0 Å². The van der Waals surface area contributed by atoms with Crippen LogP contribution in [0.15, 0.2) is 110 Å². The summed E-state index contributed by atoms with van der Waals surface area (Å²) >= 11 is 6.17. The Balaban J connectivity index is 1.63. The summed E-state index contributed by atoms with van der Waals surface area (Å²) in [4.78, 5) is 2.66. The Morgan fingerprint density at radius 1 is 0.575 bits per heavy atom. The van der Waals surface area contributed by atoms with Gasteiger partial charge in [-0.3, -0.25) is 0 Å². The Hall–Kier alpha value is -1.53.